The van der Waals surface area contributed by atoms with Gasteiger partial charge in [0.25, 0.3) is 5.69 Å². The first-order valence-corrected chi connectivity index (χ1v) is 5.90. The zero-order valence-electron chi connectivity index (χ0n) is 10.8. The average molecular weight is 263 g/mol. The number of nitrogens with one attached hydrogen (secondary N) is 2. The van der Waals surface area contributed by atoms with E-state index in [1.54, 1.807) is 25.1 Å². The summed E-state index contributed by atoms with van der Waals surface area (Å²) >= 11 is 0. The summed E-state index contributed by atoms with van der Waals surface area (Å²) in [6.07, 6.45) is 1.66. The third-order valence-electron chi connectivity index (χ3n) is 2.53. The molecule has 6 nitrogen and oxygen atoms in total. The Bertz CT molecular complexity index is 474. The molecular formula is C13H17N3O3. The number of carbonyl (C=O) groups is 1. The van der Waals surface area contributed by atoms with Gasteiger partial charge >= 0.3 is 0 Å². The number of hydrogen-bond donors (Lipinski definition) is 2. The molecule has 0 aliphatic heterocycles. The van der Waals surface area contributed by atoms with Crippen molar-refractivity contribution < 1.29 is 9.72 Å². The molecule has 0 saturated carbocycles. The molecule has 0 fully saturated rings. The van der Waals surface area contributed by atoms with Crippen molar-refractivity contribution in [3.8, 4) is 0 Å². The highest BCUT2D eigenvalue weighted by atomic mass is 16.6. The van der Waals surface area contributed by atoms with Crippen molar-refractivity contribution in [2.75, 3.05) is 13.1 Å². The Balaban J connectivity index is 2.59. The second-order valence-electron chi connectivity index (χ2n) is 4.06. The fourth-order valence-corrected chi connectivity index (χ4v) is 1.57. The maximum absolute atomic E-state index is 11.6. The SMILES string of the molecule is C=CCNCC(=O)NC(C)c1cccc([N+](=O)[O-])c1. The highest BCUT2D eigenvalue weighted by Crippen LogP contribution is 2.18. The topological polar surface area (TPSA) is 84.3 Å². The van der Waals surface area contributed by atoms with Gasteiger partial charge in [-0.25, -0.2) is 0 Å². The standard InChI is InChI=1S/C13H17N3O3/c1-3-7-14-9-13(17)15-10(2)11-5-4-6-12(8-11)16(18)19/h3-6,8,10,14H,1,7,9H2,2H3,(H,15,17). The number of non-ortho nitro benzene ring substituents is 1. The smallest absolute Gasteiger partial charge is 0.269 e. The lowest BCUT2D eigenvalue weighted by Gasteiger charge is -2.14. The molecule has 1 unspecified atom stereocenters. The molecule has 1 atom stereocenters. The van der Waals surface area contributed by atoms with E-state index in [4.69, 9.17) is 0 Å². The molecular weight excluding hydrogens is 246 g/mol. The molecule has 6 heteroatoms. The van der Waals surface area contributed by atoms with E-state index in [1.165, 1.54) is 12.1 Å². The summed E-state index contributed by atoms with van der Waals surface area (Å²) in [6.45, 7) is 6.06. The molecule has 0 bridgehead atoms. The molecule has 0 saturated heterocycles. The number of amides is 1. The van der Waals surface area contributed by atoms with Gasteiger partial charge in [0.05, 0.1) is 17.5 Å². The van der Waals surface area contributed by atoms with Crippen LogP contribution in [0.15, 0.2) is 36.9 Å². The molecule has 0 radical (unpaired) electrons. The van der Waals surface area contributed by atoms with Gasteiger partial charge in [0.1, 0.15) is 0 Å². The van der Waals surface area contributed by atoms with Crippen molar-refractivity contribution in [2.45, 2.75) is 13.0 Å². The van der Waals surface area contributed by atoms with Crippen LogP contribution in [0.25, 0.3) is 0 Å². The lowest BCUT2D eigenvalue weighted by atomic mass is 10.1. The first-order valence-electron chi connectivity index (χ1n) is 5.90. The quantitative estimate of drug-likeness (QED) is 0.338. The highest BCUT2D eigenvalue weighted by molar-refractivity contribution is 5.78. The number of hydrogen-bond acceptors (Lipinski definition) is 4. The largest absolute Gasteiger partial charge is 0.348 e. The first-order chi connectivity index (χ1) is 9.04. The van der Waals surface area contributed by atoms with Gasteiger partial charge < -0.3 is 10.6 Å². The molecule has 1 rings (SSSR count). The van der Waals surface area contributed by atoms with Gasteiger partial charge in [-0.05, 0) is 12.5 Å². The van der Waals surface area contributed by atoms with Crippen LogP contribution in [0.1, 0.15) is 18.5 Å². The van der Waals surface area contributed by atoms with Gasteiger partial charge in [0.2, 0.25) is 5.91 Å². The molecule has 1 amide bonds. The van der Waals surface area contributed by atoms with Crippen LogP contribution >= 0.6 is 0 Å². The fraction of sp³-hybridized carbons (Fsp3) is 0.308. The minimum Gasteiger partial charge on any atom is -0.348 e. The maximum Gasteiger partial charge on any atom is 0.269 e. The van der Waals surface area contributed by atoms with Crippen LogP contribution in [-0.4, -0.2) is 23.9 Å². The van der Waals surface area contributed by atoms with Crippen molar-refractivity contribution in [1.82, 2.24) is 10.6 Å². The van der Waals surface area contributed by atoms with E-state index < -0.39 is 4.92 Å². The zero-order valence-corrected chi connectivity index (χ0v) is 10.8. The van der Waals surface area contributed by atoms with Crippen LogP contribution in [0.5, 0.6) is 0 Å². The normalized spacial score (nSPS) is 11.6. The molecule has 0 aromatic heterocycles. The predicted octanol–water partition coefficient (Wildman–Crippen LogP) is 1.55. The van der Waals surface area contributed by atoms with Crippen LogP contribution in [0.2, 0.25) is 0 Å². The van der Waals surface area contributed by atoms with Gasteiger partial charge in [-0.1, -0.05) is 18.2 Å². The number of carbonyl (C=O) groups excluding carboxylic acids is 1. The van der Waals surface area contributed by atoms with Crippen molar-refractivity contribution in [3.63, 3.8) is 0 Å². The number of benzene rings is 1. The Labute approximate surface area is 111 Å². The Kier molecular flexibility index (Phi) is 5.69. The lowest BCUT2D eigenvalue weighted by Crippen LogP contribution is -2.35. The third kappa shape index (κ3) is 4.89. The molecule has 0 heterocycles. The van der Waals surface area contributed by atoms with E-state index in [2.05, 4.69) is 17.2 Å². The first kappa shape index (κ1) is 14.8. The van der Waals surface area contributed by atoms with Crippen LogP contribution in [0.4, 0.5) is 5.69 Å². The van der Waals surface area contributed by atoms with E-state index >= 15 is 0 Å². The second kappa shape index (κ2) is 7.27. The van der Waals surface area contributed by atoms with E-state index in [1.807, 2.05) is 0 Å². The summed E-state index contributed by atoms with van der Waals surface area (Å²) in [5.41, 5.74) is 0.717. The van der Waals surface area contributed by atoms with E-state index in [-0.39, 0.29) is 24.2 Å². The summed E-state index contributed by atoms with van der Waals surface area (Å²) in [5, 5.41) is 16.3. The maximum atomic E-state index is 11.6. The lowest BCUT2D eigenvalue weighted by molar-refractivity contribution is -0.384. The minimum absolute atomic E-state index is 0.0170. The summed E-state index contributed by atoms with van der Waals surface area (Å²) in [6, 6.07) is 5.95. The van der Waals surface area contributed by atoms with E-state index in [9.17, 15) is 14.9 Å². The summed E-state index contributed by atoms with van der Waals surface area (Å²) in [7, 11) is 0. The number of nitro benzene ring substituents is 1. The van der Waals surface area contributed by atoms with Crippen molar-refractivity contribution in [1.29, 1.82) is 0 Å². The van der Waals surface area contributed by atoms with Gasteiger partial charge in [-0.2, -0.15) is 0 Å². The molecule has 0 spiro atoms. The van der Waals surface area contributed by atoms with Gasteiger partial charge in [-0.3, -0.25) is 14.9 Å². The minimum atomic E-state index is -0.455. The molecule has 102 valence electrons. The number of rotatable bonds is 7. The Hall–Kier alpha value is -2.21. The van der Waals surface area contributed by atoms with Crippen LogP contribution in [0.3, 0.4) is 0 Å². The van der Waals surface area contributed by atoms with Crippen molar-refractivity contribution in [3.05, 3.63) is 52.6 Å². The highest BCUT2D eigenvalue weighted by Gasteiger charge is 2.12. The van der Waals surface area contributed by atoms with E-state index in [0.717, 1.165) is 0 Å². The Morgan fingerprint density at radius 2 is 2.32 bits per heavy atom. The molecule has 1 aromatic carbocycles. The summed E-state index contributed by atoms with van der Waals surface area (Å²) in [5.74, 6) is -0.166. The molecule has 19 heavy (non-hydrogen) atoms. The molecule has 2 N–H and O–H groups in total. The van der Waals surface area contributed by atoms with Gasteiger partial charge in [0.15, 0.2) is 0 Å². The summed E-state index contributed by atoms with van der Waals surface area (Å²) < 4.78 is 0. The molecule has 0 aliphatic carbocycles. The predicted molar refractivity (Wildman–Crippen MR) is 72.7 cm³/mol. The van der Waals surface area contributed by atoms with Crippen LogP contribution in [0, 0.1) is 10.1 Å². The molecule has 1 aromatic rings. The second-order valence-corrected chi connectivity index (χ2v) is 4.06. The fourth-order valence-electron chi connectivity index (χ4n) is 1.57. The van der Waals surface area contributed by atoms with Crippen LogP contribution < -0.4 is 10.6 Å². The summed E-state index contributed by atoms with van der Waals surface area (Å²) in [4.78, 5) is 21.8. The van der Waals surface area contributed by atoms with E-state index in [0.29, 0.717) is 12.1 Å². The number of nitrogens with zero attached hydrogens (tertiary/aromatic N) is 1. The van der Waals surface area contributed by atoms with Crippen molar-refractivity contribution >= 4 is 11.6 Å². The van der Waals surface area contributed by atoms with Crippen LogP contribution in [-0.2, 0) is 4.79 Å². The molecule has 0 aliphatic rings. The zero-order chi connectivity index (χ0) is 14.3. The Morgan fingerprint density at radius 1 is 1.58 bits per heavy atom. The monoisotopic (exact) mass is 263 g/mol. The Morgan fingerprint density at radius 3 is 2.95 bits per heavy atom. The van der Waals surface area contributed by atoms with Gasteiger partial charge in [-0.15, -0.1) is 6.58 Å². The number of nitro groups is 1. The van der Waals surface area contributed by atoms with Crippen molar-refractivity contribution in [2.24, 2.45) is 0 Å². The average Bonchev–Trinajstić information content (AvgIpc) is 2.39. The van der Waals surface area contributed by atoms with Gasteiger partial charge in [0, 0.05) is 18.7 Å². The third-order valence-corrected chi connectivity index (χ3v) is 2.53.